The first-order valence-corrected chi connectivity index (χ1v) is 9.03. The molecule has 7 nitrogen and oxygen atoms in total. The SMILES string of the molecule is CCOc1ccccc1CNC(=NC)NCc1ccc(OC)c(C(=O)OC)c1.I. The lowest BCUT2D eigenvalue weighted by Crippen LogP contribution is -2.36. The zero-order valence-corrected chi connectivity index (χ0v) is 19.5. The molecule has 0 saturated heterocycles. The number of ether oxygens (including phenoxy) is 3. The van der Waals surface area contributed by atoms with Gasteiger partial charge in [-0.25, -0.2) is 4.79 Å². The number of guanidine groups is 1. The first-order chi connectivity index (χ1) is 13.6. The first-order valence-electron chi connectivity index (χ1n) is 9.03. The molecule has 2 rings (SSSR count). The summed E-state index contributed by atoms with van der Waals surface area (Å²) >= 11 is 0. The number of rotatable bonds is 8. The van der Waals surface area contributed by atoms with Gasteiger partial charge in [-0.1, -0.05) is 24.3 Å². The van der Waals surface area contributed by atoms with E-state index in [2.05, 4.69) is 15.6 Å². The van der Waals surface area contributed by atoms with Crippen LogP contribution >= 0.6 is 24.0 Å². The van der Waals surface area contributed by atoms with E-state index in [0.29, 0.717) is 37.0 Å². The highest BCUT2D eigenvalue weighted by Crippen LogP contribution is 2.21. The second-order valence-electron chi connectivity index (χ2n) is 5.85. The van der Waals surface area contributed by atoms with E-state index in [-0.39, 0.29) is 24.0 Å². The number of methoxy groups -OCH3 is 2. The first kappa shape index (κ1) is 24.5. The van der Waals surface area contributed by atoms with Crippen molar-refractivity contribution >= 4 is 35.9 Å². The van der Waals surface area contributed by atoms with Crippen LogP contribution in [-0.4, -0.2) is 39.8 Å². The van der Waals surface area contributed by atoms with E-state index in [0.717, 1.165) is 16.9 Å². The molecule has 0 heterocycles. The van der Waals surface area contributed by atoms with Gasteiger partial charge in [-0.15, -0.1) is 24.0 Å². The van der Waals surface area contributed by atoms with Crippen molar-refractivity contribution in [3.8, 4) is 11.5 Å². The number of aliphatic imine (C=N–C) groups is 1. The third kappa shape index (κ3) is 7.12. The molecule has 2 aromatic carbocycles. The van der Waals surface area contributed by atoms with Crippen molar-refractivity contribution in [1.29, 1.82) is 0 Å². The Balaban J connectivity index is 0.00000420. The Hall–Kier alpha value is -2.49. The third-order valence-corrected chi connectivity index (χ3v) is 4.07. The van der Waals surface area contributed by atoms with Crippen LogP contribution in [-0.2, 0) is 17.8 Å². The molecule has 0 unspecified atom stereocenters. The van der Waals surface area contributed by atoms with Crippen LogP contribution in [0.3, 0.4) is 0 Å². The fourth-order valence-electron chi connectivity index (χ4n) is 2.67. The van der Waals surface area contributed by atoms with Gasteiger partial charge in [0.1, 0.15) is 17.1 Å². The molecule has 158 valence electrons. The number of halogens is 1. The van der Waals surface area contributed by atoms with Gasteiger partial charge in [-0.05, 0) is 30.7 Å². The van der Waals surface area contributed by atoms with Crippen LogP contribution in [0.25, 0.3) is 0 Å². The van der Waals surface area contributed by atoms with Gasteiger partial charge >= 0.3 is 5.97 Å². The van der Waals surface area contributed by atoms with Gasteiger partial charge in [0, 0.05) is 25.7 Å². The van der Waals surface area contributed by atoms with Gasteiger partial charge in [0.25, 0.3) is 0 Å². The van der Waals surface area contributed by atoms with E-state index >= 15 is 0 Å². The highest BCUT2D eigenvalue weighted by molar-refractivity contribution is 14.0. The van der Waals surface area contributed by atoms with Crippen molar-refractivity contribution in [2.24, 2.45) is 4.99 Å². The van der Waals surface area contributed by atoms with Crippen LogP contribution < -0.4 is 20.1 Å². The highest BCUT2D eigenvalue weighted by Gasteiger charge is 2.13. The van der Waals surface area contributed by atoms with Crippen LogP contribution in [0.4, 0.5) is 0 Å². The van der Waals surface area contributed by atoms with Crippen molar-refractivity contribution in [3.05, 3.63) is 59.2 Å². The molecule has 0 spiro atoms. The van der Waals surface area contributed by atoms with Crippen molar-refractivity contribution in [2.45, 2.75) is 20.0 Å². The summed E-state index contributed by atoms with van der Waals surface area (Å²) in [4.78, 5) is 16.2. The molecular formula is C21H28IN3O4. The monoisotopic (exact) mass is 513 g/mol. The molecule has 0 bridgehead atoms. The molecule has 0 aliphatic carbocycles. The minimum Gasteiger partial charge on any atom is -0.496 e. The van der Waals surface area contributed by atoms with E-state index in [1.807, 2.05) is 37.3 Å². The Kier molecular flexibility index (Phi) is 10.9. The van der Waals surface area contributed by atoms with Crippen LogP contribution in [0.2, 0.25) is 0 Å². The highest BCUT2D eigenvalue weighted by atomic mass is 127. The van der Waals surface area contributed by atoms with Gasteiger partial charge in [0.05, 0.1) is 20.8 Å². The summed E-state index contributed by atoms with van der Waals surface area (Å²) in [7, 11) is 4.57. The standard InChI is InChI=1S/C21H27N3O4.HI/c1-5-28-18-9-7-6-8-16(18)14-24-21(22-2)23-13-15-10-11-19(26-3)17(12-15)20(25)27-4;/h6-12H,5,13-14H2,1-4H3,(H2,22,23,24);1H. The number of nitrogens with zero attached hydrogens (tertiary/aromatic N) is 1. The van der Waals surface area contributed by atoms with Crippen LogP contribution in [0.15, 0.2) is 47.5 Å². The molecule has 2 N–H and O–H groups in total. The van der Waals surface area contributed by atoms with E-state index < -0.39 is 5.97 Å². The summed E-state index contributed by atoms with van der Waals surface area (Å²) in [6.45, 7) is 3.64. The topological polar surface area (TPSA) is 81.2 Å². The second kappa shape index (κ2) is 12.9. The Morgan fingerprint density at radius 1 is 1.03 bits per heavy atom. The lowest BCUT2D eigenvalue weighted by atomic mass is 10.1. The third-order valence-electron chi connectivity index (χ3n) is 4.07. The molecule has 0 saturated carbocycles. The quantitative estimate of drug-likeness (QED) is 0.244. The number of para-hydroxylation sites is 1. The molecule has 0 aliphatic rings. The van der Waals surface area contributed by atoms with Crippen LogP contribution in [0.5, 0.6) is 11.5 Å². The minimum atomic E-state index is -0.436. The largest absolute Gasteiger partial charge is 0.496 e. The van der Waals surface area contributed by atoms with E-state index in [4.69, 9.17) is 14.2 Å². The number of hydrogen-bond donors (Lipinski definition) is 2. The fraction of sp³-hybridized carbons (Fsp3) is 0.333. The molecule has 0 fully saturated rings. The number of nitrogens with one attached hydrogen (secondary N) is 2. The fourth-order valence-corrected chi connectivity index (χ4v) is 2.67. The van der Waals surface area contributed by atoms with Crippen LogP contribution in [0, 0.1) is 0 Å². The van der Waals surface area contributed by atoms with Crippen molar-refractivity contribution in [1.82, 2.24) is 10.6 Å². The zero-order chi connectivity index (χ0) is 20.4. The molecule has 2 aromatic rings. The van der Waals surface area contributed by atoms with Gasteiger partial charge in [-0.3, -0.25) is 4.99 Å². The lowest BCUT2D eigenvalue weighted by molar-refractivity contribution is 0.0597. The summed E-state index contributed by atoms with van der Waals surface area (Å²) in [6, 6.07) is 13.3. The second-order valence-corrected chi connectivity index (χ2v) is 5.85. The maximum absolute atomic E-state index is 11.9. The predicted octanol–water partition coefficient (Wildman–Crippen LogP) is 3.36. The maximum Gasteiger partial charge on any atom is 0.341 e. The van der Waals surface area contributed by atoms with Crippen molar-refractivity contribution in [2.75, 3.05) is 27.9 Å². The molecule has 0 aliphatic heterocycles. The van der Waals surface area contributed by atoms with Crippen LogP contribution in [0.1, 0.15) is 28.4 Å². The molecule has 8 heteroatoms. The average molecular weight is 513 g/mol. The Morgan fingerprint density at radius 3 is 2.41 bits per heavy atom. The predicted molar refractivity (Wildman–Crippen MR) is 124 cm³/mol. The minimum absolute atomic E-state index is 0. The average Bonchev–Trinajstić information content (AvgIpc) is 2.74. The number of carbonyl (C=O) groups excluding carboxylic acids is 1. The summed E-state index contributed by atoms with van der Waals surface area (Å²) < 4.78 is 15.7. The number of esters is 1. The molecule has 0 aromatic heterocycles. The van der Waals surface area contributed by atoms with E-state index in [1.54, 1.807) is 19.2 Å². The molecule has 0 radical (unpaired) electrons. The lowest BCUT2D eigenvalue weighted by Gasteiger charge is -2.15. The molecule has 0 amide bonds. The summed E-state index contributed by atoms with van der Waals surface area (Å²) in [5.41, 5.74) is 2.33. The van der Waals surface area contributed by atoms with E-state index in [9.17, 15) is 4.79 Å². The number of hydrogen-bond acceptors (Lipinski definition) is 5. The van der Waals surface area contributed by atoms with Gasteiger partial charge in [0.2, 0.25) is 0 Å². The van der Waals surface area contributed by atoms with Crippen molar-refractivity contribution < 1.29 is 19.0 Å². The maximum atomic E-state index is 11.9. The van der Waals surface area contributed by atoms with Gasteiger partial charge < -0.3 is 24.8 Å². The summed E-state index contributed by atoms with van der Waals surface area (Å²) in [5.74, 6) is 1.53. The number of carbonyl (C=O) groups is 1. The molecule has 29 heavy (non-hydrogen) atoms. The van der Waals surface area contributed by atoms with Gasteiger partial charge in [-0.2, -0.15) is 0 Å². The smallest absolute Gasteiger partial charge is 0.341 e. The molecule has 0 atom stereocenters. The summed E-state index contributed by atoms with van der Waals surface area (Å²) in [6.07, 6.45) is 0. The molecular weight excluding hydrogens is 485 g/mol. The van der Waals surface area contributed by atoms with Crippen molar-refractivity contribution in [3.63, 3.8) is 0 Å². The summed E-state index contributed by atoms with van der Waals surface area (Å²) in [5, 5.41) is 6.50. The Bertz CT molecular complexity index is 827. The Morgan fingerprint density at radius 2 is 1.76 bits per heavy atom. The number of benzene rings is 2. The van der Waals surface area contributed by atoms with E-state index in [1.165, 1.54) is 14.2 Å². The normalized spacial score (nSPS) is 10.6. The van der Waals surface area contributed by atoms with Gasteiger partial charge in [0.15, 0.2) is 5.96 Å². The zero-order valence-electron chi connectivity index (χ0n) is 17.2. The Labute approximate surface area is 188 Å².